The number of amides is 1. The molecule has 100 valence electrons. The Balaban J connectivity index is 1.77. The van der Waals surface area contributed by atoms with Gasteiger partial charge in [-0.1, -0.05) is 28.1 Å². The number of hydrogen-bond donors (Lipinski definition) is 0. The van der Waals surface area contributed by atoms with Crippen molar-refractivity contribution in [2.75, 3.05) is 7.11 Å². The zero-order valence-corrected chi connectivity index (χ0v) is 12.1. The van der Waals surface area contributed by atoms with Gasteiger partial charge in [-0.25, -0.2) is 0 Å². The summed E-state index contributed by atoms with van der Waals surface area (Å²) in [4.78, 5) is 25.5. The average Bonchev–Trinajstić information content (AvgIpc) is 2.89. The molecule has 4 nitrogen and oxygen atoms in total. The molecule has 0 aromatic heterocycles. The van der Waals surface area contributed by atoms with Gasteiger partial charge < -0.3 is 9.64 Å². The first-order chi connectivity index (χ1) is 9.11. The van der Waals surface area contributed by atoms with E-state index in [-0.39, 0.29) is 28.5 Å². The topological polar surface area (TPSA) is 46.6 Å². The minimum atomic E-state index is -0.280. The molecule has 1 saturated carbocycles. The van der Waals surface area contributed by atoms with E-state index in [9.17, 15) is 9.59 Å². The molecule has 0 unspecified atom stereocenters. The smallest absolute Gasteiger partial charge is 0.228 e. The largest absolute Gasteiger partial charge is 0.497 e. The maximum Gasteiger partial charge on any atom is 0.228 e. The number of ketones is 1. The molecule has 1 saturated heterocycles. The van der Waals surface area contributed by atoms with Crippen LogP contribution in [0.15, 0.2) is 24.3 Å². The van der Waals surface area contributed by atoms with Gasteiger partial charge in [0.05, 0.1) is 23.9 Å². The molecule has 1 aliphatic heterocycles. The van der Waals surface area contributed by atoms with Gasteiger partial charge in [-0.2, -0.15) is 0 Å². The summed E-state index contributed by atoms with van der Waals surface area (Å²) in [7, 11) is 1.62. The SMILES string of the molecule is COc1ccc(CN2C(=O)[C@H]3C[C@@H]2C(=O)[C@H]3Br)cc1. The third-order valence-electron chi connectivity index (χ3n) is 3.92. The first-order valence-corrected chi connectivity index (χ1v) is 7.14. The molecule has 0 spiro atoms. The van der Waals surface area contributed by atoms with E-state index < -0.39 is 0 Å². The first kappa shape index (κ1) is 12.7. The first-order valence-electron chi connectivity index (χ1n) is 6.23. The quantitative estimate of drug-likeness (QED) is 0.796. The van der Waals surface area contributed by atoms with Crippen molar-refractivity contribution in [1.82, 2.24) is 4.90 Å². The summed E-state index contributed by atoms with van der Waals surface area (Å²) in [5.41, 5.74) is 1.01. The van der Waals surface area contributed by atoms with Gasteiger partial charge >= 0.3 is 0 Å². The van der Waals surface area contributed by atoms with E-state index in [4.69, 9.17) is 4.74 Å². The molecule has 2 aliphatic rings. The monoisotopic (exact) mass is 323 g/mol. The van der Waals surface area contributed by atoms with Gasteiger partial charge in [0.2, 0.25) is 5.91 Å². The molecule has 1 aromatic carbocycles. The summed E-state index contributed by atoms with van der Waals surface area (Å²) in [6.07, 6.45) is 0.656. The number of alkyl halides is 1. The summed E-state index contributed by atoms with van der Waals surface area (Å²) in [5, 5.41) is 0. The van der Waals surface area contributed by atoms with Crippen LogP contribution in [-0.4, -0.2) is 34.6 Å². The lowest BCUT2D eigenvalue weighted by molar-refractivity contribution is -0.140. The number of carbonyl (C=O) groups excluding carboxylic acids is 2. The molecule has 1 aliphatic carbocycles. The second-order valence-corrected chi connectivity index (χ2v) is 5.96. The Morgan fingerprint density at radius 3 is 2.58 bits per heavy atom. The number of methoxy groups -OCH3 is 1. The van der Waals surface area contributed by atoms with Crippen molar-refractivity contribution >= 4 is 27.6 Å². The van der Waals surface area contributed by atoms with Gasteiger partial charge in [-0.05, 0) is 24.1 Å². The lowest BCUT2D eigenvalue weighted by atomic mass is 10.1. The van der Waals surface area contributed by atoms with Crippen molar-refractivity contribution < 1.29 is 14.3 Å². The number of ether oxygens (including phenoxy) is 1. The van der Waals surface area contributed by atoms with Crippen molar-refractivity contribution in [3.05, 3.63) is 29.8 Å². The molecular formula is C14H14BrNO3. The standard InChI is InChI=1S/C14H14BrNO3/c1-19-9-4-2-8(3-5-9)7-16-11-6-10(14(16)18)12(15)13(11)17/h2-5,10-12H,6-7H2,1H3/t10-,11+,12-/m0/s1. The number of nitrogens with zero attached hydrogens (tertiary/aromatic N) is 1. The molecule has 1 aromatic rings. The van der Waals surface area contributed by atoms with Crippen LogP contribution < -0.4 is 4.74 Å². The van der Waals surface area contributed by atoms with E-state index in [0.29, 0.717) is 13.0 Å². The maximum atomic E-state index is 12.2. The maximum absolute atomic E-state index is 12.2. The van der Waals surface area contributed by atoms with Crippen LogP contribution in [-0.2, 0) is 16.1 Å². The Kier molecular flexibility index (Phi) is 3.09. The normalized spacial score (nSPS) is 29.2. The summed E-state index contributed by atoms with van der Waals surface area (Å²) >= 11 is 3.32. The fraction of sp³-hybridized carbons (Fsp3) is 0.429. The van der Waals surface area contributed by atoms with Gasteiger partial charge in [-0.15, -0.1) is 0 Å². The fourth-order valence-electron chi connectivity index (χ4n) is 2.85. The average molecular weight is 324 g/mol. The van der Waals surface area contributed by atoms with Crippen LogP contribution in [0.4, 0.5) is 0 Å². The van der Waals surface area contributed by atoms with E-state index in [1.807, 2.05) is 24.3 Å². The summed E-state index contributed by atoms with van der Waals surface area (Å²) < 4.78 is 5.10. The van der Waals surface area contributed by atoms with Crippen molar-refractivity contribution in [1.29, 1.82) is 0 Å². The van der Waals surface area contributed by atoms with E-state index in [0.717, 1.165) is 11.3 Å². The van der Waals surface area contributed by atoms with E-state index >= 15 is 0 Å². The van der Waals surface area contributed by atoms with Crippen molar-refractivity contribution in [3.8, 4) is 5.75 Å². The van der Waals surface area contributed by atoms with Crippen molar-refractivity contribution in [3.63, 3.8) is 0 Å². The fourth-order valence-corrected chi connectivity index (χ4v) is 3.59. The summed E-state index contributed by atoms with van der Waals surface area (Å²) in [6.45, 7) is 0.495. The van der Waals surface area contributed by atoms with Crippen molar-refractivity contribution in [2.24, 2.45) is 5.92 Å². The van der Waals surface area contributed by atoms with Crippen LogP contribution in [0, 0.1) is 5.92 Å². The zero-order valence-electron chi connectivity index (χ0n) is 10.5. The number of rotatable bonds is 3. The molecule has 1 heterocycles. The number of piperidine rings is 1. The number of likely N-dealkylation sites (tertiary alicyclic amines) is 1. The Hall–Kier alpha value is -1.36. The highest BCUT2D eigenvalue weighted by molar-refractivity contribution is 9.10. The third-order valence-corrected chi connectivity index (χ3v) is 5.01. The molecule has 0 N–H and O–H groups in total. The molecule has 0 radical (unpaired) electrons. The number of benzene rings is 1. The number of hydrogen-bond acceptors (Lipinski definition) is 3. The van der Waals surface area contributed by atoms with Gasteiger partial charge in [0, 0.05) is 6.54 Å². The van der Waals surface area contributed by atoms with Gasteiger partial charge in [0.25, 0.3) is 0 Å². The lowest BCUT2D eigenvalue weighted by Crippen LogP contribution is -2.46. The summed E-state index contributed by atoms with van der Waals surface area (Å²) in [6, 6.07) is 7.33. The number of fused-ring (bicyclic) bond motifs is 2. The molecule has 5 heteroatoms. The zero-order chi connectivity index (χ0) is 13.6. The minimum absolute atomic E-state index is 0.0855. The highest BCUT2D eigenvalue weighted by atomic mass is 79.9. The van der Waals surface area contributed by atoms with Gasteiger partial charge in [0.15, 0.2) is 5.78 Å². The third kappa shape index (κ3) is 1.96. The molecule has 19 heavy (non-hydrogen) atoms. The molecule has 3 rings (SSSR count). The predicted molar refractivity (Wildman–Crippen MR) is 73.2 cm³/mol. The van der Waals surface area contributed by atoms with Crippen LogP contribution in [0.2, 0.25) is 0 Å². The lowest BCUT2D eigenvalue weighted by Gasteiger charge is -2.28. The van der Waals surface area contributed by atoms with Gasteiger partial charge in [-0.3, -0.25) is 9.59 Å². The second kappa shape index (κ2) is 4.63. The number of Topliss-reactive ketones (excluding diaryl/α,β-unsaturated/α-hetero) is 1. The number of halogens is 1. The Morgan fingerprint density at radius 1 is 1.32 bits per heavy atom. The van der Waals surface area contributed by atoms with Crippen LogP contribution >= 0.6 is 15.9 Å². The molecule has 2 fully saturated rings. The van der Waals surface area contributed by atoms with Crippen LogP contribution in [0.5, 0.6) is 5.75 Å². The number of carbonyl (C=O) groups is 2. The van der Waals surface area contributed by atoms with E-state index in [1.165, 1.54) is 0 Å². The highest BCUT2D eigenvalue weighted by Gasteiger charge is 2.55. The molecular weight excluding hydrogens is 310 g/mol. The van der Waals surface area contributed by atoms with E-state index in [2.05, 4.69) is 15.9 Å². The molecule has 1 amide bonds. The highest BCUT2D eigenvalue weighted by Crippen LogP contribution is 2.40. The Labute approximate surface area is 119 Å². The van der Waals surface area contributed by atoms with E-state index in [1.54, 1.807) is 12.0 Å². The Morgan fingerprint density at radius 2 is 2.00 bits per heavy atom. The van der Waals surface area contributed by atoms with Crippen molar-refractivity contribution in [2.45, 2.75) is 23.8 Å². The van der Waals surface area contributed by atoms with Crippen LogP contribution in [0.1, 0.15) is 12.0 Å². The van der Waals surface area contributed by atoms with Crippen LogP contribution in [0.3, 0.4) is 0 Å². The minimum Gasteiger partial charge on any atom is -0.497 e. The second-order valence-electron chi connectivity index (χ2n) is 4.98. The predicted octanol–water partition coefficient (Wildman–Crippen LogP) is 1.76. The molecule has 3 atom stereocenters. The van der Waals surface area contributed by atoms with Gasteiger partial charge in [0.1, 0.15) is 5.75 Å². The summed E-state index contributed by atoms with van der Waals surface area (Å²) in [5.74, 6) is 0.839. The molecule has 2 bridgehead atoms. The Bertz CT molecular complexity index is 528. The van der Waals surface area contributed by atoms with Crippen LogP contribution in [0.25, 0.3) is 0 Å².